The van der Waals surface area contributed by atoms with E-state index in [1.165, 1.54) is 6.07 Å². The molecule has 0 bridgehead atoms. The molecule has 0 amide bonds. The summed E-state index contributed by atoms with van der Waals surface area (Å²) in [7, 11) is 1.90. The summed E-state index contributed by atoms with van der Waals surface area (Å²) in [5.41, 5.74) is 2.48. The minimum absolute atomic E-state index is 0.196. The van der Waals surface area contributed by atoms with Gasteiger partial charge in [-0.05, 0) is 23.8 Å². The Bertz CT molecular complexity index is 572. The smallest absolute Gasteiger partial charge is 0.128 e. The van der Waals surface area contributed by atoms with E-state index in [9.17, 15) is 4.39 Å². The van der Waals surface area contributed by atoms with Crippen LogP contribution in [0.1, 0.15) is 11.1 Å². The van der Waals surface area contributed by atoms with E-state index in [2.05, 4.69) is 0 Å². The van der Waals surface area contributed by atoms with Gasteiger partial charge in [-0.2, -0.15) is 0 Å². The standard InChI is InChI=1S/C15H14Cl2FN/c1-19(10-12-4-2-3-5-15(12)18)13-7-6-11(9-16)14(17)8-13/h2-8H,9-10H2,1H3. The molecule has 2 rings (SSSR count). The van der Waals surface area contributed by atoms with Crippen molar-refractivity contribution in [3.05, 3.63) is 64.4 Å². The number of benzene rings is 2. The van der Waals surface area contributed by atoms with Crippen LogP contribution in [0.2, 0.25) is 5.02 Å². The van der Waals surface area contributed by atoms with Crippen LogP contribution in [0, 0.1) is 5.82 Å². The lowest BCUT2D eigenvalue weighted by molar-refractivity contribution is 0.608. The molecule has 0 N–H and O–H groups in total. The zero-order valence-electron chi connectivity index (χ0n) is 10.5. The summed E-state index contributed by atoms with van der Waals surface area (Å²) < 4.78 is 13.6. The second kappa shape index (κ2) is 6.27. The van der Waals surface area contributed by atoms with Crippen molar-refractivity contribution in [3.63, 3.8) is 0 Å². The molecule has 0 aliphatic heterocycles. The largest absolute Gasteiger partial charge is 0.370 e. The third kappa shape index (κ3) is 3.40. The summed E-state index contributed by atoms with van der Waals surface area (Å²) >= 11 is 11.9. The molecule has 0 fully saturated rings. The Morgan fingerprint density at radius 1 is 1.11 bits per heavy atom. The van der Waals surface area contributed by atoms with Gasteiger partial charge in [-0.3, -0.25) is 0 Å². The van der Waals surface area contributed by atoms with Gasteiger partial charge in [0.2, 0.25) is 0 Å². The molecule has 2 aromatic rings. The van der Waals surface area contributed by atoms with Crippen molar-refractivity contribution in [3.8, 4) is 0 Å². The third-order valence-corrected chi connectivity index (χ3v) is 3.63. The average molecular weight is 298 g/mol. The van der Waals surface area contributed by atoms with Gasteiger partial charge in [0.05, 0.1) is 0 Å². The molecule has 19 heavy (non-hydrogen) atoms. The zero-order chi connectivity index (χ0) is 13.8. The van der Waals surface area contributed by atoms with E-state index in [1.54, 1.807) is 12.1 Å². The van der Waals surface area contributed by atoms with Crippen LogP contribution in [0.3, 0.4) is 0 Å². The van der Waals surface area contributed by atoms with E-state index >= 15 is 0 Å². The Kier molecular flexibility index (Phi) is 4.67. The van der Waals surface area contributed by atoms with E-state index in [4.69, 9.17) is 23.2 Å². The van der Waals surface area contributed by atoms with Crippen LogP contribution in [0.5, 0.6) is 0 Å². The molecule has 2 aromatic carbocycles. The highest BCUT2D eigenvalue weighted by Gasteiger charge is 2.08. The van der Waals surface area contributed by atoms with Gasteiger partial charge in [0.25, 0.3) is 0 Å². The van der Waals surface area contributed by atoms with Gasteiger partial charge in [0.1, 0.15) is 5.82 Å². The Morgan fingerprint density at radius 3 is 2.47 bits per heavy atom. The number of nitrogens with zero attached hydrogens (tertiary/aromatic N) is 1. The molecule has 0 radical (unpaired) electrons. The molecule has 0 saturated heterocycles. The molecule has 0 spiro atoms. The fourth-order valence-electron chi connectivity index (χ4n) is 1.86. The number of hydrogen-bond acceptors (Lipinski definition) is 1. The molecule has 1 nitrogen and oxygen atoms in total. The van der Waals surface area contributed by atoms with Crippen LogP contribution in [0.15, 0.2) is 42.5 Å². The molecule has 100 valence electrons. The van der Waals surface area contributed by atoms with E-state index in [1.807, 2.05) is 36.2 Å². The van der Waals surface area contributed by atoms with Crippen LogP contribution < -0.4 is 4.90 Å². The van der Waals surface area contributed by atoms with Crippen LogP contribution in [-0.2, 0) is 12.4 Å². The number of hydrogen-bond donors (Lipinski definition) is 0. The molecular formula is C15H14Cl2FN. The lowest BCUT2D eigenvalue weighted by Gasteiger charge is -2.20. The maximum absolute atomic E-state index is 13.6. The lowest BCUT2D eigenvalue weighted by Crippen LogP contribution is -2.17. The normalized spacial score (nSPS) is 10.5. The Hall–Kier alpha value is -1.25. The van der Waals surface area contributed by atoms with E-state index < -0.39 is 0 Å². The summed E-state index contributed by atoms with van der Waals surface area (Å²) in [6.45, 7) is 0.489. The maximum Gasteiger partial charge on any atom is 0.128 e. The highest BCUT2D eigenvalue weighted by molar-refractivity contribution is 6.32. The second-order valence-corrected chi connectivity index (χ2v) is 5.03. The van der Waals surface area contributed by atoms with Crippen LogP contribution in [0.4, 0.5) is 10.1 Å². The van der Waals surface area contributed by atoms with Crippen molar-refractivity contribution in [2.45, 2.75) is 12.4 Å². The molecular weight excluding hydrogens is 284 g/mol. The second-order valence-electron chi connectivity index (χ2n) is 4.36. The van der Waals surface area contributed by atoms with Crippen molar-refractivity contribution in [2.24, 2.45) is 0 Å². The van der Waals surface area contributed by atoms with Crippen LogP contribution in [-0.4, -0.2) is 7.05 Å². The highest BCUT2D eigenvalue weighted by Crippen LogP contribution is 2.25. The fourth-order valence-corrected chi connectivity index (χ4v) is 2.40. The summed E-state index contributed by atoms with van der Waals surface area (Å²) in [5, 5.41) is 0.632. The number of anilines is 1. The monoisotopic (exact) mass is 297 g/mol. The van der Waals surface area contributed by atoms with E-state index in [0.29, 0.717) is 23.0 Å². The Morgan fingerprint density at radius 2 is 1.84 bits per heavy atom. The van der Waals surface area contributed by atoms with E-state index in [0.717, 1.165) is 11.3 Å². The summed E-state index contributed by atoms with van der Waals surface area (Å²) in [4.78, 5) is 1.95. The first-order valence-corrected chi connectivity index (χ1v) is 6.82. The van der Waals surface area contributed by atoms with Gasteiger partial charge >= 0.3 is 0 Å². The van der Waals surface area contributed by atoms with Crippen molar-refractivity contribution in [1.82, 2.24) is 0 Å². The number of halogens is 3. The van der Waals surface area contributed by atoms with Gasteiger partial charge in [-0.15, -0.1) is 11.6 Å². The van der Waals surface area contributed by atoms with E-state index in [-0.39, 0.29) is 5.82 Å². The van der Waals surface area contributed by atoms with Gasteiger partial charge in [0.15, 0.2) is 0 Å². The minimum atomic E-state index is -0.196. The molecule has 0 heterocycles. The topological polar surface area (TPSA) is 3.24 Å². The molecule has 0 saturated carbocycles. The first-order valence-electron chi connectivity index (χ1n) is 5.90. The predicted molar refractivity (Wildman–Crippen MR) is 79.5 cm³/mol. The minimum Gasteiger partial charge on any atom is -0.370 e. The van der Waals surface area contributed by atoms with Crippen molar-refractivity contribution in [2.75, 3.05) is 11.9 Å². The highest BCUT2D eigenvalue weighted by atomic mass is 35.5. The molecule has 0 atom stereocenters. The first kappa shape index (κ1) is 14.2. The van der Waals surface area contributed by atoms with Gasteiger partial charge in [-0.25, -0.2) is 4.39 Å². The summed E-state index contributed by atoms with van der Waals surface area (Å²) in [6, 6.07) is 12.4. The van der Waals surface area contributed by atoms with Crippen LogP contribution in [0.25, 0.3) is 0 Å². The van der Waals surface area contributed by atoms with Gasteiger partial charge in [0, 0.05) is 35.7 Å². The molecule has 4 heteroatoms. The SMILES string of the molecule is CN(Cc1ccccc1F)c1ccc(CCl)c(Cl)c1. The fraction of sp³-hybridized carbons (Fsp3) is 0.200. The summed E-state index contributed by atoms with van der Waals surface area (Å²) in [5.74, 6) is 0.189. The van der Waals surface area contributed by atoms with Crippen LogP contribution >= 0.6 is 23.2 Å². The third-order valence-electron chi connectivity index (χ3n) is 2.99. The maximum atomic E-state index is 13.6. The van der Waals surface area contributed by atoms with Crippen molar-refractivity contribution < 1.29 is 4.39 Å². The summed E-state index contributed by atoms with van der Waals surface area (Å²) in [6.07, 6.45) is 0. The average Bonchev–Trinajstić information content (AvgIpc) is 2.41. The molecule has 0 aromatic heterocycles. The lowest BCUT2D eigenvalue weighted by atomic mass is 10.1. The molecule has 0 unspecified atom stereocenters. The Balaban J connectivity index is 2.18. The molecule has 0 aliphatic carbocycles. The van der Waals surface area contributed by atoms with Crippen molar-refractivity contribution in [1.29, 1.82) is 0 Å². The Labute approximate surface area is 122 Å². The predicted octanol–water partition coefficient (Wildman–Crippen LogP) is 4.85. The zero-order valence-corrected chi connectivity index (χ0v) is 12.0. The first-order chi connectivity index (χ1) is 9.11. The quantitative estimate of drug-likeness (QED) is 0.729. The number of rotatable bonds is 4. The van der Waals surface area contributed by atoms with Gasteiger partial charge < -0.3 is 4.90 Å². The van der Waals surface area contributed by atoms with Gasteiger partial charge in [-0.1, -0.05) is 35.9 Å². The number of alkyl halides is 1. The van der Waals surface area contributed by atoms with Crippen molar-refractivity contribution >= 4 is 28.9 Å². The molecule has 0 aliphatic rings.